The Hall–Kier alpha value is -1.40. The van der Waals surface area contributed by atoms with E-state index >= 15 is 0 Å². The van der Waals surface area contributed by atoms with E-state index in [1.807, 2.05) is 30.9 Å². The highest BCUT2D eigenvalue weighted by atomic mass is 16.1. The van der Waals surface area contributed by atoms with E-state index in [1.54, 1.807) is 0 Å². The first-order valence-electron chi connectivity index (χ1n) is 7.63. The molecule has 0 aliphatic heterocycles. The van der Waals surface area contributed by atoms with E-state index in [1.165, 1.54) is 0 Å². The average Bonchev–Trinajstić information content (AvgIpc) is 3.12. The van der Waals surface area contributed by atoms with Gasteiger partial charge in [0.15, 0.2) is 0 Å². The summed E-state index contributed by atoms with van der Waals surface area (Å²) < 4.78 is 2.03. The van der Waals surface area contributed by atoms with Crippen LogP contribution in [0.3, 0.4) is 0 Å². The van der Waals surface area contributed by atoms with Crippen molar-refractivity contribution in [3.8, 4) is 0 Å². The third-order valence-corrected chi connectivity index (χ3v) is 4.19. The van der Waals surface area contributed by atoms with Crippen LogP contribution in [0.25, 0.3) is 0 Å². The summed E-state index contributed by atoms with van der Waals surface area (Å²) in [5, 5.41) is 3.39. The third-order valence-electron chi connectivity index (χ3n) is 4.19. The fourth-order valence-corrected chi connectivity index (χ4v) is 2.52. The van der Waals surface area contributed by atoms with Crippen LogP contribution in [0.4, 0.5) is 0 Å². The van der Waals surface area contributed by atoms with E-state index in [9.17, 15) is 4.79 Å². The molecule has 6 heteroatoms. The maximum Gasteiger partial charge on any atom is 0.237 e. The Kier molecular flexibility index (Phi) is 5.00. The molecule has 1 unspecified atom stereocenters. The first-order valence-corrected chi connectivity index (χ1v) is 7.63. The fraction of sp³-hybridized carbons (Fsp3) is 0.733. The summed E-state index contributed by atoms with van der Waals surface area (Å²) in [6.07, 6.45) is 7.77. The third kappa shape index (κ3) is 4.54. The predicted octanol–water partition coefficient (Wildman–Crippen LogP) is 0.628. The van der Waals surface area contributed by atoms with Crippen LogP contribution in [0, 0.1) is 0 Å². The lowest BCUT2D eigenvalue weighted by Crippen LogP contribution is -2.54. The number of primary amides is 1. The van der Waals surface area contributed by atoms with E-state index in [0.717, 1.165) is 44.6 Å². The summed E-state index contributed by atoms with van der Waals surface area (Å²) in [7, 11) is 4.07. The largest absolute Gasteiger partial charge is 0.368 e. The number of nitrogens with zero attached hydrogens (tertiary/aromatic N) is 3. The van der Waals surface area contributed by atoms with Crippen LogP contribution in [0.15, 0.2) is 12.4 Å². The molecule has 1 amide bonds. The summed E-state index contributed by atoms with van der Waals surface area (Å²) in [5.74, 6) is 0.799. The fourth-order valence-electron chi connectivity index (χ4n) is 2.52. The van der Waals surface area contributed by atoms with Crippen LogP contribution >= 0.6 is 0 Å². The van der Waals surface area contributed by atoms with Gasteiger partial charge in [0.05, 0.1) is 12.1 Å². The van der Waals surface area contributed by atoms with Gasteiger partial charge in [0.25, 0.3) is 0 Å². The van der Waals surface area contributed by atoms with Gasteiger partial charge in [-0.3, -0.25) is 9.69 Å². The number of hydrogen-bond donors (Lipinski definition) is 2. The quantitative estimate of drug-likeness (QED) is 0.700. The summed E-state index contributed by atoms with van der Waals surface area (Å²) in [4.78, 5) is 18.2. The van der Waals surface area contributed by atoms with Crippen molar-refractivity contribution in [3.63, 3.8) is 0 Å². The lowest BCUT2D eigenvalue weighted by atomic mass is 9.94. The van der Waals surface area contributed by atoms with Crippen LogP contribution in [-0.4, -0.2) is 45.5 Å². The van der Waals surface area contributed by atoms with E-state index in [4.69, 9.17) is 5.73 Å². The molecular formula is C15H27N5O. The van der Waals surface area contributed by atoms with Crippen LogP contribution in [0.2, 0.25) is 0 Å². The van der Waals surface area contributed by atoms with Crippen molar-refractivity contribution in [2.24, 2.45) is 12.8 Å². The molecule has 3 N–H and O–H groups in total. The van der Waals surface area contributed by atoms with Crippen molar-refractivity contribution >= 4 is 5.91 Å². The van der Waals surface area contributed by atoms with Gasteiger partial charge in [-0.05, 0) is 46.2 Å². The SMILES string of the molecule is CN(CCCC(C)(NC1CC1)C(N)=O)Cc1nccn1C. The molecular weight excluding hydrogens is 266 g/mol. The van der Waals surface area contributed by atoms with Gasteiger partial charge in [0.2, 0.25) is 5.91 Å². The number of rotatable bonds is 9. The molecule has 1 saturated carbocycles. The molecule has 21 heavy (non-hydrogen) atoms. The van der Waals surface area contributed by atoms with Crippen LogP contribution in [0.1, 0.15) is 38.4 Å². The van der Waals surface area contributed by atoms with Crippen LogP contribution in [0.5, 0.6) is 0 Å². The molecule has 1 aliphatic rings. The zero-order chi connectivity index (χ0) is 15.5. The molecule has 0 radical (unpaired) electrons. The second-order valence-electron chi connectivity index (χ2n) is 6.41. The molecule has 2 rings (SSSR count). The van der Waals surface area contributed by atoms with Crippen molar-refractivity contribution in [2.45, 2.75) is 50.7 Å². The number of nitrogens with one attached hydrogen (secondary N) is 1. The van der Waals surface area contributed by atoms with Gasteiger partial charge in [-0.25, -0.2) is 4.98 Å². The number of hydrogen-bond acceptors (Lipinski definition) is 4. The maximum atomic E-state index is 11.7. The van der Waals surface area contributed by atoms with Crippen molar-refractivity contribution in [1.82, 2.24) is 19.8 Å². The number of aromatic nitrogens is 2. The maximum absolute atomic E-state index is 11.7. The average molecular weight is 293 g/mol. The van der Waals surface area contributed by atoms with E-state index in [2.05, 4.69) is 22.2 Å². The number of carbonyl (C=O) groups excluding carboxylic acids is 1. The van der Waals surface area contributed by atoms with Gasteiger partial charge in [0.1, 0.15) is 5.82 Å². The Morgan fingerprint density at radius 2 is 2.33 bits per heavy atom. The first kappa shape index (κ1) is 16.0. The molecule has 1 heterocycles. The van der Waals surface area contributed by atoms with Gasteiger partial charge in [-0.1, -0.05) is 0 Å². The van der Waals surface area contributed by atoms with Crippen molar-refractivity contribution < 1.29 is 4.79 Å². The molecule has 118 valence electrons. The number of amides is 1. The van der Waals surface area contributed by atoms with Crippen LogP contribution in [-0.2, 0) is 18.4 Å². The normalized spacial score (nSPS) is 17.9. The number of nitrogens with two attached hydrogens (primary N) is 1. The summed E-state index contributed by atoms with van der Waals surface area (Å²) >= 11 is 0. The number of imidazole rings is 1. The molecule has 1 aliphatic carbocycles. The monoisotopic (exact) mass is 293 g/mol. The van der Waals surface area contributed by atoms with Gasteiger partial charge in [-0.2, -0.15) is 0 Å². The standard InChI is InChI=1S/C15H27N5O/c1-15(14(16)21,18-12-5-6-12)7-4-9-19(2)11-13-17-8-10-20(13)3/h8,10,12,18H,4-7,9,11H2,1-3H3,(H2,16,21). The minimum Gasteiger partial charge on any atom is -0.368 e. The molecule has 0 bridgehead atoms. The van der Waals surface area contributed by atoms with E-state index in [-0.39, 0.29) is 5.91 Å². The molecule has 1 atom stereocenters. The zero-order valence-electron chi connectivity index (χ0n) is 13.3. The highest BCUT2D eigenvalue weighted by molar-refractivity contribution is 5.84. The molecule has 0 saturated heterocycles. The Bertz CT molecular complexity index is 482. The van der Waals surface area contributed by atoms with E-state index in [0.29, 0.717) is 6.04 Å². The second kappa shape index (κ2) is 6.58. The van der Waals surface area contributed by atoms with Gasteiger partial charge < -0.3 is 15.6 Å². The molecule has 0 aromatic carbocycles. The number of aryl methyl sites for hydroxylation is 1. The van der Waals surface area contributed by atoms with Gasteiger partial charge in [-0.15, -0.1) is 0 Å². The lowest BCUT2D eigenvalue weighted by molar-refractivity contribution is -0.124. The lowest BCUT2D eigenvalue weighted by Gasteiger charge is -2.28. The van der Waals surface area contributed by atoms with Crippen LogP contribution < -0.4 is 11.1 Å². The smallest absolute Gasteiger partial charge is 0.237 e. The highest BCUT2D eigenvalue weighted by Crippen LogP contribution is 2.24. The predicted molar refractivity (Wildman–Crippen MR) is 82.5 cm³/mol. The van der Waals surface area contributed by atoms with E-state index < -0.39 is 5.54 Å². The first-order chi connectivity index (χ1) is 9.90. The Labute approximate surface area is 126 Å². The summed E-state index contributed by atoms with van der Waals surface area (Å²) in [6.45, 7) is 3.65. The van der Waals surface area contributed by atoms with Gasteiger partial charge >= 0.3 is 0 Å². The topological polar surface area (TPSA) is 76.2 Å². The minimum absolute atomic E-state index is 0.249. The van der Waals surface area contributed by atoms with Crippen molar-refractivity contribution in [1.29, 1.82) is 0 Å². The zero-order valence-corrected chi connectivity index (χ0v) is 13.3. The molecule has 6 nitrogen and oxygen atoms in total. The molecule has 1 aromatic heterocycles. The van der Waals surface area contributed by atoms with Gasteiger partial charge in [0, 0.05) is 25.5 Å². The number of carbonyl (C=O) groups is 1. The summed E-state index contributed by atoms with van der Waals surface area (Å²) in [5.41, 5.74) is 4.99. The minimum atomic E-state index is -0.578. The highest BCUT2D eigenvalue weighted by Gasteiger charge is 2.36. The second-order valence-corrected chi connectivity index (χ2v) is 6.41. The molecule has 1 aromatic rings. The molecule has 0 spiro atoms. The molecule has 1 fully saturated rings. The Morgan fingerprint density at radius 3 is 2.86 bits per heavy atom. The Balaban J connectivity index is 1.76. The summed E-state index contributed by atoms with van der Waals surface area (Å²) in [6, 6.07) is 0.479. The Morgan fingerprint density at radius 1 is 1.62 bits per heavy atom. The van der Waals surface area contributed by atoms with Crippen molar-refractivity contribution in [2.75, 3.05) is 13.6 Å². The van der Waals surface area contributed by atoms with Crippen molar-refractivity contribution in [3.05, 3.63) is 18.2 Å².